The first-order chi connectivity index (χ1) is 10.0. The second kappa shape index (κ2) is 6.71. The number of methoxy groups -OCH3 is 1. The number of carboxylic acids is 1. The molecule has 2 atom stereocenters. The first-order valence-electron chi connectivity index (χ1n) is 6.54. The number of urea groups is 1. The lowest BCUT2D eigenvalue weighted by Crippen LogP contribution is -2.47. The van der Waals surface area contributed by atoms with Gasteiger partial charge in [0, 0.05) is 5.75 Å². The van der Waals surface area contributed by atoms with Gasteiger partial charge in [-0.05, 0) is 24.6 Å². The molecule has 0 spiro atoms. The van der Waals surface area contributed by atoms with Crippen molar-refractivity contribution in [2.75, 3.05) is 18.7 Å². The van der Waals surface area contributed by atoms with Crippen molar-refractivity contribution < 1.29 is 19.4 Å². The fraction of sp³-hybridized carbons (Fsp3) is 0.429. The number of nitrogens with one attached hydrogen (secondary N) is 1. The van der Waals surface area contributed by atoms with E-state index in [4.69, 9.17) is 9.84 Å². The van der Waals surface area contributed by atoms with Crippen LogP contribution in [0.1, 0.15) is 18.5 Å². The van der Waals surface area contributed by atoms with Crippen molar-refractivity contribution in [1.82, 2.24) is 10.2 Å². The van der Waals surface area contributed by atoms with Crippen LogP contribution in [0.5, 0.6) is 5.75 Å². The van der Waals surface area contributed by atoms with Gasteiger partial charge in [-0.2, -0.15) is 0 Å². The molecule has 1 unspecified atom stereocenters. The number of carbonyl (C=O) groups is 2. The van der Waals surface area contributed by atoms with Crippen LogP contribution in [-0.4, -0.2) is 46.8 Å². The molecule has 7 heteroatoms. The van der Waals surface area contributed by atoms with Crippen molar-refractivity contribution in [1.29, 1.82) is 0 Å². The Morgan fingerprint density at radius 1 is 1.43 bits per heavy atom. The first-order valence-corrected chi connectivity index (χ1v) is 7.70. The molecule has 1 fully saturated rings. The number of ether oxygens (including phenoxy) is 1. The molecule has 1 heterocycles. The standard InChI is InChI=1S/C14H18N2O4S/c1-9(10-3-5-11(20-2)6-4-10)15-14(19)16-8-21-7-12(16)13(17)18/h3-6,9,12H,7-8H2,1-2H3,(H,15,19)(H,17,18)/t9?,12-/m0/s1. The highest BCUT2D eigenvalue weighted by Gasteiger charge is 2.34. The van der Waals surface area contributed by atoms with Crippen LogP contribution in [0, 0.1) is 0 Å². The van der Waals surface area contributed by atoms with Crippen molar-refractivity contribution in [2.45, 2.75) is 19.0 Å². The highest BCUT2D eigenvalue weighted by molar-refractivity contribution is 7.99. The number of hydrogen-bond donors (Lipinski definition) is 2. The zero-order valence-electron chi connectivity index (χ0n) is 11.9. The molecule has 1 aliphatic heterocycles. The van der Waals surface area contributed by atoms with Crippen LogP contribution in [0.3, 0.4) is 0 Å². The maximum atomic E-state index is 12.2. The third-order valence-corrected chi connectivity index (χ3v) is 4.40. The number of aliphatic carboxylic acids is 1. The molecule has 2 N–H and O–H groups in total. The van der Waals surface area contributed by atoms with E-state index in [2.05, 4.69) is 5.32 Å². The fourth-order valence-electron chi connectivity index (χ4n) is 2.09. The van der Waals surface area contributed by atoms with Crippen molar-refractivity contribution in [2.24, 2.45) is 0 Å². The molecule has 2 rings (SSSR count). The van der Waals surface area contributed by atoms with Crippen LogP contribution < -0.4 is 10.1 Å². The number of thioether (sulfide) groups is 1. The predicted octanol–water partition coefficient (Wildman–Crippen LogP) is 1.93. The van der Waals surface area contributed by atoms with E-state index in [0.29, 0.717) is 11.6 Å². The molecule has 2 amide bonds. The summed E-state index contributed by atoms with van der Waals surface area (Å²) in [6, 6.07) is 6.08. The van der Waals surface area contributed by atoms with Crippen molar-refractivity contribution in [3.63, 3.8) is 0 Å². The van der Waals surface area contributed by atoms with Gasteiger partial charge in [0.2, 0.25) is 0 Å². The van der Waals surface area contributed by atoms with Gasteiger partial charge in [-0.15, -0.1) is 11.8 Å². The van der Waals surface area contributed by atoms with Crippen molar-refractivity contribution in [3.05, 3.63) is 29.8 Å². The smallest absolute Gasteiger partial charge is 0.327 e. The first kappa shape index (κ1) is 15.5. The number of nitrogens with zero attached hydrogens (tertiary/aromatic N) is 1. The normalized spacial score (nSPS) is 19.1. The third-order valence-electron chi connectivity index (χ3n) is 3.38. The second-order valence-electron chi connectivity index (χ2n) is 4.77. The van der Waals surface area contributed by atoms with Crippen LogP contribution >= 0.6 is 11.8 Å². The molecule has 1 saturated heterocycles. The van der Waals surface area contributed by atoms with E-state index in [1.807, 2.05) is 31.2 Å². The quantitative estimate of drug-likeness (QED) is 0.888. The van der Waals surface area contributed by atoms with Crippen LogP contribution in [0.2, 0.25) is 0 Å². The zero-order valence-corrected chi connectivity index (χ0v) is 12.7. The molecule has 1 aliphatic rings. The summed E-state index contributed by atoms with van der Waals surface area (Å²) in [7, 11) is 1.59. The molecule has 0 aliphatic carbocycles. The monoisotopic (exact) mass is 310 g/mol. The lowest BCUT2D eigenvalue weighted by atomic mass is 10.1. The summed E-state index contributed by atoms with van der Waals surface area (Å²) in [6.45, 7) is 1.86. The Hall–Kier alpha value is -1.89. The van der Waals surface area contributed by atoms with E-state index in [-0.39, 0.29) is 12.1 Å². The van der Waals surface area contributed by atoms with Gasteiger partial charge >= 0.3 is 12.0 Å². The van der Waals surface area contributed by atoms with Gasteiger partial charge in [-0.1, -0.05) is 12.1 Å². The average Bonchev–Trinajstić information content (AvgIpc) is 2.97. The van der Waals surface area contributed by atoms with Gasteiger partial charge in [-0.3, -0.25) is 0 Å². The Morgan fingerprint density at radius 3 is 2.67 bits per heavy atom. The van der Waals surface area contributed by atoms with E-state index in [0.717, 1.165) is 11.3 Å². The van der Waals surface area contributed by atoms with Crippen molar-refractivity contribution in [3.8, 4) is 5.75 Å². The minimum atomic E-state index is -0.966. The Morgan fingerprint density at radius 2 is 2.10 bits per heavy atom. The summed E-state index contributed by atoms with van der Waals surface area (Å²) in [4.78, 5) is 24.6. The predicted molar refractivity (Wildman–Crippen MR) is 80.5 cm³/mol. The summed E-state index contributed by atoms with van der Waals surface area (Å²) in [6.07, 6.45) is 0. The topological polar surface area (TPSA) is 78.9 Å². The summed E-state index contributed by atoms with van der Waals surface area (Å²) in [5, 5.41) is 11.9. The lowest BCUT2D eigenvalue weighted by Gasteiger charge is -2.23. The molecular formula is C14H18N2O4S. The molecule has 21 heavy (non-hydrogen) atoms. The lowest BCUT2D eigenvalue weighted by molar-refractivity contribution is -0.140. The largest absolute Gasteiger partial charge is 0.497 e. The summed E-state index contributed by atoms with van der Waals surface area (Å²) in [5.74, 6) is 0.615. The van der Waals surface area contributed by atoms with E-state index in [9.17, 15) is 9.59 Å². The van der Waals surface area contributed by atoms with Crippen molar-refractivity contribution >= 4 is 23.8 Å². The minimum absolute atomic E-state index is 0.205. The molecule has 1 aromatic rings. The molecule has 0 saturated carbocycles. The van der Waals surface area contributed by atoms with Gasteiger partial charge in [0.1, 0.15) is 11.8 Å². The summed E-state index contributed by atoms with van der Waals surface area (Å²) >= 11 is 1.44. The van der Waals surface area contributed by atoms with E-state index < -0.39 is 12.0 Å². The maximum Gasteiger partial charge on any atom is 0.327 e. The van der Waals surface area contributed by atoms with Gasteiger partial charge in [0.15, 0.2) is 0 Å². The SMILES string of the molecule is COc1ccc(C(C)NC(=O)N2CSC[C@H]2C(=O)O)cc1. The highest BCUT2D eigenvalue weighted by Crippen LogP contribution is 2.22. The fourth-order valence-corrected chi connectivity index (χ4v) is 3.24. The summed E-state index contributed by atoms with van der Waals surface area (Å²) in [5.41, 5.74) is 0.933. The molecule has 6 nitrogen and oxygen atoms in total. The molecule has 0 bridgehead atoms. The van der Waals surface area contributed by atoms with Gasteiger partial charge in [0.25, 0.3) is 0 Å². The van der Waals surface area contributed by atoms with Crippen LogP contribution in [0.25, 0.3) is 0 Å². The van der Waals surface area contributed by atoms with Crippen LogP contribution in [0.4, 0.5) is 4.79 Å². The zero-order chi connectivity index (χ0) is 15.4. The second-order valence-corrected chi connectivity index (χ2v) is 5.77. The van der Waals surface area contributed by atoms with Gasteiger partial charge in [-0.25, -0.2) is 9.59 Å². The van der Waals surface area contributed by atoms with Gasteiger partial charge < -0.3 is 20.1 Å². The molecule has 0 aromatic heterocycles. The Kier molecular flexibility index (Phi) is 4.95. The van der Waals surface area contributed by atoms with E-state index in [1.54, 1.807) is 7.11 Å². The Bertz CT molecular complexity index is 520. The molecule has 1 aromatic carbocycles. The third kappa shape index (κ3) is 3.60. The number of carbonyl (C=O) groups excluding carboxylic acids is 1. The summed E-state index contributed by atoms with van der Waals surface area (Å²) < 4.78 is 5.09. The number of hydrogen-bond acceptors (Lipinski definition) is 4. The Balaban J connectivity index is 1.99. The van der Waals surface area contributed by atoms with E-state index in [1.165, 1.54) is 16.7 Å². The molecule has 114 valence electrons. The number of carboxylic acid groups (broad SMARTS) is 1. The van der Waals surface area contributed by atoms with Gasteiger partial charge in [0.05, 0.1) is 19.0 Å². The van der Waals surface area contributed by atoms with Crippen LogP contribution in [0.15, 0.2) is 24.3 Å². The van der Waals surface area contributed by atoms with Crippen LogP contribution in [-0.2, 0) is 4.79 Å². The molecule has 0 radical (unpaired) electrons. The Labute approximate surface area is 127 Å². The van der Waals surface area contributed by atoms with E-state index >= 15 is 0 Å². The number of amides is 2. The minimum Gasteiger partial charge on any atom is -0.497 e. The number of rotatable bonds is 4. The highest BCUT2D eigenvalue weighted by atomic mass is 32.2. The number of benzene rings is 1. The maximum absolute atomic E-state index is 12.2. The average molecular weight is 310 g/mol. The molecular weight excluding hydrogens is 292 g/mol.